The van der Waals surface area contributed by atoms with Gasteiger partial charge in [0.25, 0.3) is 11.8 Å². The van der Waals surface area contributed by atoms with Crippen molar-refractivity contribution in [1.29, 1.82) is 0 Å². The molecule has 2 amide bonds. The lowest BCUT2D eigenvalue weighted by atomic mass is 10.1. The summed E-state index contributed by atoms with van der Waals surface area (Å²) in [5, 5.41) is 10.4. The van der Waals surface area contributed by atoms with Crippen molar-refractivity contribution in [3.63, 3.8) is 0 Å². The van der Waals surface area contributed by atoms with E-state index in [-0.39, 0.29) is 24.5 Å². The minimum absolute atomic E-state index is 0.0666. The third kappa shape index (κ3) is 4.31. The first kappa shape index (κ1) is 21.1. The third-order valence-electron chi connectivity index (χ3n) is 4.81. The van der Waals surface area contributed by atoms with Gasteiger partial charge < -0.3 is 19.8 Å². The molecule has 0 atom stereocenters. The van der Waals surface area contributed by atoms with Gasteiger partial charge in [-0.25, -0.2) is 9.67 Å². The molecule has 3 heterocycles. The Kier molecular flexibility index (Phi) is 5.89. The summed E-state index contributed by atoms with van der Waals surface area (Å²) in [6.07, 6.45) is 3.21. The van der Waals surface area contributed by atoms with E-state index in [4.69, 9.17) is 9.15 Å². The van der Waals surface area contributed by atoms with Crippen LogP contribution >= 0.6 is 0 Å². The fourth-order valence-corrected chi connectivity index (χ4v) is 3.22. The van der Waals surface area contributed by atoms with Crippen LogP contribution in [0.5, 0.6) is 5.75 Å². The molecule has 0 aliphatic heterocycles. The van der Waals surface area contributed by atoms with Crippen LogP contribution in [-0.2, 0) is 4.79 Å². The number of hydrogen-bond acceptors (Lipinski definition) is 6. The fraction of sp³-hybridized carbons (Fsp3) is 0.217. The van der Waals surface area contributed by atoms with E-state index >= 15 is 0 Å². The Morgan fingerprint density at radius 3 is 2.75 bits per heavy atom. The summed E-state index contributed by atoms with van der Waals surface area (Å²) < 4.78 is 12.7. The number of aromatic nitrogens is 3. The maximum absolute atomic E-state index is 13.2. The maximum Gasteiger partial charge on any atom is 0.257 e. The van der Waals surface area contributed by atoms with Gasteiger partial charge in [-0.05, 0) is 44.2 Å². The van der Waals surface area contributed by atoms with Crippen molar-refractivity contribution >= 4 is 28.5 Å². The van der Waals surface area contributed by atoms with E-state index in [9.17, 15) is 9.59 Å². The standard InChI is InChI=1S/C23H23N5O4/c1-14(2)28-22-18(12-25-28)17(11-19(27-22)20-8-5-9-31-20)23(30)26-15-6-4-7-16(10-15)32-13-21(29)24-3/h4-12,14H,13H2,1-3H3,(H,24,29)(H,26,30). The van der Waals surface area contributed by atoms with Gasteiger partial charge in [0.1, 0.15) is 11.4 Å². The number of amides is 2. The Bertz CT molecular complexity index is 1260. The number of nitrogens with one attached hydrogen (secondary N) is 2. The lowest BCUT2D eigenvalue weighted by Crippen LogP contribution is -2.24. The average molecular weight is 433 g/mol. The van der Waals surface area contributed by atoms with E-state index in [2.05, 4.69) is 20.7 Å². The predicted octanol–water partition coefficient (Wildman–Crippen LogP) is 3.65. The third-order valence-corrected chi connectivity index (χ3v) is 4.81. The van der Waals surface area contributed by atoms with E-state index in [1.165, 1.54) is 7.05 Å². The van der Waals surface area contributed by atoms with Crippen LogP contribution in [0.4, 0.5) is 5.69 Å². The molecule has 0 fully saturated rings. The van der Waals surface area contributed by atoms with Gasteiger partial charge in [-0.2, -0.15) is 5.10 Å². The quantitative estimate of drug-likeness (QED) is 0.460. The highest BCUT2D eigenvalue weighted by molar-refractivity contribution is 6.12. The molecule has 4 aromatic rings. The molecule has 9 nitrogen and oxygen atoms in total. The van der Waals surface area contributed by atoms with Gasteiger partial charge in [0, 0.05) is 24.8 Å². The van der Waals surface area contributed by atoms with Crippen LogP contribution < -0.4 is 15.4 Å². The molecule has 0 saturated heterocycles. The summed E-state index contributed by atoms with van der Waals surface area (Å²) in [6, 6.07) is 12.2. The number of anilines is 1. The van der Waals surface area contributed by atoms with Crippen LogP contribution in [0, 0.1) is 0 Å². The molecule has 0 aliphatic rings. The number of benzene rings is 1. The lowest BCUT2D eigenvalue weighted by Gasteiger charge is -2.11. The smallest absolute Gasteiger partial charge is 0.257 e. The van der Waals surface area contributed by atoms with Gasteiger partial charge in [-0.1, -0.05) is 6.07 Å². The second kappa shape index (κ2) is 8.93. The van der Waals surface area contributed by atoms with Crippen LogP contribution in [0.15, 0.2) is 59.3 Å². The summed E-state index contributed by atoms with van der Waals surface area (Å²) in [5.74, 6) is 0.459. The molecule has 1 aromatic carbocycles. The zero-order valence-corrected chi connectivity index (χ0v) is 18.0. The summed E-state index contributed by atoms with van der Waals surface area (Å²) >= 11 is 0. The molecule has 0 unspecified atom stereocenters. The van der Waals surface area contributed by atoms with Gasteiger partial charge in [-0.15, -0.1) is 0 Å². The first-order chi connectivity index (χ1) is 15.5. The number of hydrogen-bond donors (Lipinski definition) is 2. The first-order valence-electron chi connectivity index (χ1n) is 10.1. The van der Waals surface area contributed by atoms with Crippen molar-refractivity contribution in [3.05, 3.63) is 60.5 Å². The maximum atomic E-state index is 13.2. The van der Waals surface area contributed by atoms with Crippen molar-refractivity contribution in [2.45, 2.75) is 19.9 Å². The number of ether oxygens (including phenoxy) is 1. The second-order valence-electron chi connectivity index (χ2n) is 7.40. The van der Waals surface area contributed by atoms with Crippen molar-refractivity contribution in [1.82, 2.24) is 20.1 Å². The summed E-state index contributed by atoms with van der Waals surface area (Å²) in [4.78, 5) is 29.3. The highest BCUT2D eigenvalue weighted by Gasteiger charge is 2.19. The predicted molar refractivity (Wildman–Crippen MR) is 120 cm³/mol. The van der Waals surface area contributed by atoms with Gasteiger partial charge in [0.15, 0.2) is 18.0 Å². The molecule has 0 saturated carbocycles. The largest absolute Gasteiger partial charge is 0.484 e. The number of likely N-dealkylation sites (N-methyl/N-ethyl adjacent to an activating group) is 1. The number of fused-ring (bicyclic) bond motifs is 1. The molecular formula is C23H23N5O4. The summed E-state index contributed by atoms with van der Waals surface area (Å²) in [5.41, 5.74) is 2.09. The average Bonchev–Trinajstić information content (AvgIpc) is 3.47. The van der Waals surface area contributed by atoms with Gasteiger partial charge in [0.2, 0.25) is 0 Å². The molecule has 0 bridgehead atoms. The minimum Gasteiger partial charge on any atom is -0.484 e. The molecule has 9 heteroatoms. The van der Waals surface area contributed by atoms with E-state index in [1.807, 2.05) is 13.8 Å². The molecular weight excluding hydrogens is 410 g/mol. The molecule has 2 N–H and O–H groups in total. The second-order valence-corrected chi connectivity index (χ2v) is 7.40. The SMILES string of the molecule is CNC(=O)COc1cccc(NC(=O)c2cc(-c3ccco3)nc3c2cnn3C(C)C)c1. The number of pyridine rings is 1. The number of carbonyl (C=O) groups excluding carboxylic acids is 2. The molecule has 164 valence electrons. The Hall–Kier alpha value is -4.14. The van der Waals surface area contributed by atoms with Crippen LogP contribution in [0.25, 0.3) is 22.5 Å². The molecule has 0 aliphatic carbocycles. The molecule has 0 spiro atoms. The van der Waals surface area contributed by atoms with Gasteiger partial charge in [-0.3, -0.25) is 9.59 Å². The number of nitrogens with zero attached hydrogens (tertiary/aromatic N) is 3. The van der Waals surface area contributed by atoms with E-state index in [0.29, 0.717) is 39.5 Å². The number of carbonyl (C=O) groups is 2. The molecule has 4 rings (SSSR count). The van der Waals surface area contributed by atoms with Crippen molar-refractivity contribution in [2.75, 3.05) is 19.0 Å². The van der Waals surface area contributed by atoms with E-state index < -0.39 is 0 Å². The molecule has 0 radical (unpaired) electrons. The first-order valence-corrected chi connectivity index (χ1v) is 10.1. The summed E-state index contributed by atoms with van der Waals surface area (Å²) in [7, 11) is 1.54. The number of furan rings is 1. The topological polar surface area (TPSA) is 111 Å². The Morgan fingerprint density at radius 2 is 2.03 bits per heavy atom. The molecule has 32 heavy (non-hydrogen) atoms. The van der Waals surface area contributed by atoms with Gasteiger partial charge in [0.05, 0.1) is 23.4 Å². The number of rotatable bonds is 7. The Balaban J connectivity index is 1.67. The normalized spacial score (nSPS) is 11.0. The Labute approximate surface area is 184 Å². The zero-order valence-electron chi connectivity index (χ0n) is 18.0. The summed E-state index contributed by atoms with van der Waals surface area (Å²) in [6.45, 7) is 3.88. The zero-order chi connectivity index (χ0) is 22.7. The molecule has 3 aromatic heterocycles. The van der Waals surface area contributed by atoms with Crippen LogP contribution in [-0.4, -0.2) is 40.2 Å². The minimum atomic E-state index is -0.322. The van der Waals surface area contributed by atoms with E-state index in [1.54, 1.807) is 59.6 Å². The van der Waals surface area contributed by atoms with Crippen molar-refractivity contribution in [3.8, 4) is 17.2 Å². The lowest BCUT2D eigenvalue weighted by molar-refractivity contribution is -0.122. The van der Waals surface area contributed by atoms with E-state index in [0.717, 1.165) is 0 Å². The van der Waals surface area contributed by atoms with Crippen LogP contribution in [0.1, 0.15) is 30.2 Å². The van der Waals surface area contributed by atoms with Crippen LogP contribution in [0.2, 0.25) is 0 Å². The van der Waals surface area contributed by atoms with Gasteiger partial charge >= 0.3 is 0 Å². The van der Waals surface area contributed by atoms with Crippen molar-refractivity contribution in [2.24, 2.45) is 0 Å². The van der Waals surface area contributed by atoms with Crippen LogP contribution in [0.3, 0.4) is 0 Å². The fourth-order valence-electron chi connectivity index (χ4n) is 3.22. The monoisotopic (exact) mass is 433 g/mol. The highest BCUT2D eigenvalue weighted by Crippen LogP contribution is 2.27. The Morgan fingerprint density at radius 1 is 1.19 bits per heavy atom. The van der Waals surface area contributed by atoms with Crippen molar-refractivity contribution < 1.29 is 18.7 Å². The highest BCUT2D eigenvalue weighted by atomic mass is 16.5.